The van der Waals surface area contributed by atoms with Crippen LogP contribution in [-0.4, -0.2) is 35.9 Å². The second-order valence-electron chi connectivity index (χ2n) is 7.06. The first-order valence-electron chi connectivity index (χ1n) is 9.84. The van der Waals surface area contributed by atoms with E-state index in [-0.39, 0.29) is 17.6 Å². The number of nitrogens with one attached hydrogen (secondary N) is 1. The Morgan fingerprint density at radius 3 is 2.48 bits per heavy atom. The third-order valence-electron chi connectivity index (χ3n) is 4.44. The molecule has 8 nitrogen and oxygen atoms in total. The third-order valence-corrected chi connectivity index (χ3v) is 4.44. The number of hydrogen-bond donors (Lipinski definition) is 1. The normalized spacial score (nSPS) is 12.5. The largest absolute Gasteiger partial charge is 0.497 e. The van der Waals surface area contributed by atoms with Crippen molar-refractivity contribution in [2.45, 2.75) is 19.7 Å². The number of nitrogens with zero attached hydrogens (tertiary/aromatic N) is 3. The molecule has 1 N–H and O–H groups in total. The van der Waals surface area contributed by atoms with Gasteiger partial charge in [-0.15, -0.1) is 0 Å². The Balaban J connectivity index is 1.44. The molecule has 3 aromatic rings. The van der Waals surface area contributed by atoms with Crippen molar-refractivity contribution in [3.63, 3.8) is 0 Å². The van der Waals surface area contributed by atoms with Crippen molar-refractivity contribution >= 4 is 12.1 Å². The van der Waals surface area contributed by atoms with E-state index in [2.05, 4.69) is 25.1 Å². The minimum atomic E-state index is -4.72. The van der Waals surface area contributed by atoms with Gasteiger partial charge < -0.3 is 19.4 Å². The van der Waals surface area contributed by atoms with Gasteiger partial charge in [0, 0.05) is 29.8 Å². The van der Waals surface area contributed by atoms with E-state index in [0.29, 0.717) is 24.3 Å². The highest BCUT2D eigenvalue weighted by Gasteiger charge is 2.38. The highest BCUT2D eigenvalue weighted by molar-refractivity contribution is 5.94. The summed E-state index contributed by atoms with van der Waals surface area (Å²) < 4.78 is 47.0. The predicted molar refractivity (Wildman–Crippen MR) is 113 cm³/mol. The van der Waals surface area contributed by atoms with Gasteiger partial charge in [0.1, 0.15) is 12.4 Å². The van der Waals surface area contributed by atoms with E-state index >= 15 is 0 Å². The van der Waals surface area contributed by atoms with Crippen LogP contribution >= 0.6 is 0 Å². The zero-order valence-electron chi connectivity index (χ0n) is 17.8. The molecule has 3 rings (SSSR count). The van der Waals surface area contributed by atoms with Crippen LogP contribution in [0.5, 0.6) is 5.75 Å². The second kappa shape index (κ2) is 10.6. The van der Waals surface area contributed by atoms with Gasteiger partial charge in [-0.25, -0.2) is 0 Å². The highest BCUT2D eigenvalue weighted by Crippen LogP contribution is 2.29. The first-order valence-corrected chi connectivity index (χ1v) is 9.84. The molecule has 0 aliphatic heterocycles. The van der Waals surface area contributed by atoms with E-state index in [1.165, 1.54) is 24.3 Å². The Bertz CT molecular complexity index is 1080. The van der Waals surface area contributed by atoms with E-state index in [0.717, 1.165) is 11.3 Å². The number of oxime groups is 1. The fourth-order valence-electron chi connectivity index (χ4n) is 2.62. The van der Waals surface area contributed by atoms with Gasteiger partial charge in [0.2, 0.25) is 5.82 Å². The Morgan fingerprint density at radius 2 is 1.88 bits per heavy atom. The van der Waals surface area contributed by atoms with E-state index in [9.17, 15) is 18.0 Å². The van der Waals surface area contributed by atoms with Crippen LogP contribution in [0.3, 0.4) is 0 Å². The maximum Gasteiger partial charge on any atom is 0.471 e. The molecule has 0 saturated carbocycles. The minimum absolute atomic E-state index is 0.0933. The number of carbonyl (C=O) groups excluding carboxylic acids is 1. The van der Waals surface area contributed by atoms with Crippen LogP contribution in [0, 0.1) is 5.92 Å². The lowest BCUT2D eigenvalue weighted by Gasteiger charge is -2.08. The van der Waals surface area contributed by atoms with Crippen molar-refractivity contribution < 1.29 is 32.1 Å². The van der Waals surface area contributed by atoms with Gasteiger partial charge in [-0.2, -0.15) is 18.2 Å². The molecule has 0 bridgehead atoms. The maximum atomic E-state index is 12.6. The molecule has 1 aromatic heterocycles. The zero-order chi connectivity index (χ0) is 23.8. The molecule has 0 aliphatic carbocycles. The Labute approximate surface area is 187 Å². The van der Waals surface area contributed by atoms with Crippen LogP contribution in [0.4, 0.5) is 13.2 Å². The monoisotopic (exact) mass is 462 g/mol. The average molecular weight is 462 g/mol. The van der Waals surface area contributed by atoms with E-state index in [1.807, 2.05) is 31.2 Å². The van der Waals surface area contributed by atoms with Crippen molar-refractivity contribution in [2.75, 3.05) is 13.7 Å². The lowest BCUT2D eigenvalue weighted by atomic mass is 10.1. The van der Waals surface area contributed by atoms with Gasteiger partial charge in [0.15, 0.2) is 0 Å². The van der Waals surface area contributed by atoms with E-state index in [1.54, 1.807) is 13.3 Å². The summed E-state index contributed by atoms with van der Waals surface area (Å²) in [5.74, 6) is -1.32. The molecule has 11 heteroatoms. The summed E-state index contributed by atoms with van der Waals surface area (Å²) in [4.78, 5) is 20.9. The molecule has 0 spiro atoms. The van der Waals surface area contributed by atoms with Crippen molar-refractivity contribution in [1.29, 1.82) is 0 Å². The lowest BCUT2D eigenvalue weighted by Crippen LogP contribution is -2.28. The van der Waals surface area contributed by atoms with Gasteiger partial charge in [-0.1, -0.05) is 41.5 Å². The summed E-state index contributed by atoms with van der Waals surface area (Å²) >= 11 is 0. The maximum absolute atomic E-state index is 12.6. The van der Waals surface area contributed by atoms with Crippen molar-refractivity contribution in [1.82, 2.24) is 15.5 Å². The van der Waals surface area contributed by atoms with Crippen LogP contribution < -0.4 is 10.1 Å². The third kappa shape index (κ3) is 6.79. The molecule has 174 valence electrons. The van der Waals surface area contributed by atoms with Crippen LogP contribution in [-0.2, 0) is 17.6 Å². The molecular weight excluding hydrogens is 441 g/mol. The molecule has 0 fully saturated rings. The number of amides is 1. The van der Waals surface area contributed by atoms with Crippen molar-refractivity contribution in [3.8, 4) is 17.1 Å². The number of rotatable bonds is 9. The van der Waals surface area contributed by atoms with Crippen molar-refractivity contribution in [2.24, 2.45) is 11.1 Å². The Morgan fingerprint density at radius 1 is 1.18 bits per heavy atom. The highest BCUT2D eigenvalue weighted by atomic mass is 19.4. The molecule has 0 aliphatic rings. The van der Waals surface area contributed by atoms with Gasteiger partial charge in [-0.3, -0.25) is 4.79 Å². The first kappa shape index (κ1) is 23.8. The predicted octanol–water partition coefficient (Wildman–Crippen LogP) is 4.33. The standard InChI is InChI=1S/C22H21F3N4O4/c1-14(12-27-32-13-15-3-9-18(31-2)10-4-15)11-26-20(30)17-7-5-16(6-8-17)19-28-21(33-29-19)22(23,24)25/h3-10,12,14H,11,13H2,1-2H3,(H,26,30)/b27-12-. The lowest BCUT2D eigenvalue weighted by molar-refractivity contribution is -0.159. The summed E-state index contributed by atoms with van der Waals surface area (Å²) in [7, 11) is 1.59. The number of aromatic nitrogens is 2. The smallest absolute Gasteiger partial charge is 0.471 e. The Kier molecular flexibility index (Phi) is 7.65. The van der Waals surface area contributed by atoms with Crippen molar-refractivity contribution in [3.05, 3.63) is 65.5 Å². The molecule has 1 atom stereocenters. The van der Waals surface area contributed by atoms with Gasteiger partial charge in [-0.05, 0) is 29.8 Å². The molecular formula is C22H21F3N4O4. The molecule has 2 aromatic carbocycles. The molecule has 1 unspecified atom stereocenters. The minimum Gasteiger partial charge on any atom is -0.497 e. The number of alkyl halides is 3. The number of hydrogen-bond acceptors (Lipinski definition) is 7. The number of benzene rings is 2. The molecule has 1 heterocycles. The number of ether oxygens (including phenoxy) is 1. The molecule has 0 saturated heterocycles. The van der Waals surface area contributed by atoms with Crippen LogP contribution in [0.25, 0.3) is 11.4 Å². The van der Waals surface area contributed by atoms with Gasteiger partial charge >= 0.3 is 12.1 Å². The SMILES string of the molecule is COc1ccc(CO/N=C\C(C)CNC(=O)c2ccc(-c3noc(C(F)(F)F)n3)cc2)cc1. The summed E-state index contributed by atoms with van der Waals surface area (Å²) in [5, 5.41) is 9.98. The fraction of sp³-hybridized carbons (Fsp3) is 0.273. The van der Waals surface area contributed by atoms with Gasteiger partial charge in [0.25, 0.3) is 5.91 Å². The zero-order valence-corrected chi connectivity index (χ0v) is 17.8. The fourth-order valence-corrected chi connectivity index (χ4v) is 2.62. The quantitative estimate of drug-likeness (QED) is 0.375. The van der Waals surface area contributed by atoms with Crippen LogP contribution in [0.15, 0.2) is 58.2 Å². The summed E-state index contributed by atoms with van der Waals surface area (Å²) in [6.07, 6.45) is -3.13. The summed E-state index contributed by atoms with van der Waals surface area (Å²) in [6.45, 7) is 2.48. The first-order chi connectivity index (χ1) is 15.8. The number of carbonyl (C=O) groups is 1. The van der Waals surface area contributed by atoms with Crippen LogP contribution in [0.1, 0.15) is 28.7 Å². The Hall–Kier alpha value is -3.89. The molecule has 1 amide bonds. The summed E-state index contributed by atoms with van der Waals surface area (Å²) in [6, 6.07) is 13.2. The molecule has 0 radical (unpaired) electrons. The topological polar surface area (TPSA) is 98.8 Å². The summed E-state index contributed by atoms with van der Waals surface area (Å²) in [5.41, 5.74) is 1.56. The second-order valence-corrected chi connectivity index (χ2v) is 7.06. The van der Waals surface area contributed by atoms with Gasteiger partial charge in [0.05, 0.1) is 7.11 Å². The van der Waals surface area contributed by atoms with E-state index < -0.39 is 12.1 Å². The number of methoxy groups -OCH3 is 1. The van der Waals surface area contributed by atoms with Crippen LogP contribution in [0.2, 0.25) is 0 Å². The van der Waals surface area contributed by atoms with E-state index in [4.69, 9.17) is 9.57 Å². The number of halogens is 3. The average Bonchev–Trinajstić information content (AvgIpc) is 3.32. The molecule has 33 heavy (non-hydrogen) atoms.